The molecule has 1 N–H and O–H groups in total. The Kier molecular flexibility index (Phi) is 5.89. The van der Waals surface area contributed by atoms with Crippen LogP contribution in [0.4, 0.5) is 0 Å². The molecule has 0 unspecified atom stereocenters. The first kappa shape index (κ1) is 19.4. The van der Waals surface area contributed by atoms with E-state index < -0.39 is 16.0 Å². The summed E-state index contributed by atoms with van der Waals surface area (Å²) in [5, 5.41) is 9.07. The largest absolute Gasteiger partial charge is 0.468 e. The molecule has 0 amide bonds. The van der Waals surface area contributed by atoms with Crippen molar-refractivity contribution in [1.29, 1.82) is 5.26 Å². The molecule has 0 aliphatic heterocycles. The summed E-state index contributed by atoms with van der Waals surface area (Å²) < 4.78 is 37.6. The van der Waals surface area contributed by atoms with Gasteiger partial charge in [-0.1, -0.05) is 24.3 Å². The zero-order chi connectivity index (χ0) is 20.0. The van der Waals surface area contributed by atoms with Crippen LogP contribution in [-0.4, -0.2) is 14.4 Å². The first-order valence-corrected chi connectivity index (χ1v) is 9.75. The number of furan rings is 1. The Hall–Kier alpha value is -3.41. The van der Waals surface area contributed by atoms with E-state index in [1.54, 1.807) is 36.4 Å². The molecule has 3 aromatic rings. The molecule has 0 fully saturated rings. The Bertz CT molecular complexity index is 1120. The van der Waals surface area contributed by atoms with E-state index in [0.717, 1.165) is 0 Å². The highest BCUT2D eigenvalue weighted by Crippen LogP contribution is 2.15. The van der Waals surface area contributed by atoms with Gasteiger partial charge in [-0.2, -0.15) is 5.26 Å². The van der Waals surface area contributed by atoms with Crippen molar-refractivity contribution in [1.82, 2.24) is 4.72 Å². The standard InChI is InChI=1S/C20H16N2O5S/c21-12-16-5-1-2-6-17(16)14-27-20(23)15-7-3-9-19(11-15)28(24,25)22-13-18-8-4-10-26-18/h1-11,22H,13-14H2. The van der Waals surface area contributed by atoms with Crippen molar-refractivity contribution in [3.8, 4) is 6.07 Å². The Labute approximate surface area is 162 Å². The summed E-state index contributed by atoms with van der Waals surface area (Å²) in [6.45, 7) is -0.0920. The van der Waals surface area contributed by atoms with Crippen molar-refractivity contribution in [2.45, 2.75) is 18.0 Å². The summed E-state index contributed by atoms with van der Waals surface area (Å²) in [4.78, 5) is 12.2. The number of ether oxygens (including phenoxy) is 1. The molecular formula is C20H16N2O5S. The Morgan fingerprint density at radius 3 is 2.68 bits per heavy atom. The predicted molar refractivity (Wildman–Crippen MR) is 99.5 cm³/mol. The van der Waals surface area contributed by atoms with Gasteiger partial charge in [-0.25, -0.2) is 17.9 Å². The number of nitriles is 1. The van der Waals surface area contributed by atoms with Crippen LogP contribution in [0, 0.1) is 11.3 Å². The fraction of sp³-hybridized carbons (Fsp3) is 0.100. The molecule has 0 atom stereocenters. The minimum Gasteiger partial charge on any atom is -0.468 e. The topological polar surface area (TPSA) is 109 Å². The number of sulfonamides is 1. The van der Waals surface area contributed by atoms with Gasteiger partial charge in [0, 0.05) is 5.56 Å². The first-order chi connectivity index (χ1) is 13.5. The van der Waals surface area contributed by atoms with Gasteiger partial charge in [0.15, 0.2) is 0 Å². The number of hydrogen-bond acceptors (Lipinski definition) is 6. The highest BCUT2D eigenvalue weighted by Gasteiger charge is 2.17. The molecule has 0 saturated carbocycles. The molecule has 0 aliphatic carbocycles. The normalized spacial score (nSPS) is 11.0. The van der Waals surface area contributed by atoms with E-state index >= 15 is 0 Å². The molecule has 0 bridgehead atoms. The van der Waals surface area contributed by atoms with Crippen LogP contribution in [0.1, 0.15) is 27.2 Å². The molecule has 1 heterocycles. The maximum Gasteiger partial charge on any atom is 0.338 e. The maximum atomic E-state index is 12.4. The van der Waals surface area contributed by atoms with Crippen LogP contribution in [0.15, 0.2) is 76.2 Å². The van der Waals surface area contributed by atoms with E-state index in [4.69, 9.17) is 14.4 Å². The van der Waals surface area contributed by atoms with Crippen molar-refractivity contribution in [2.24, 2.45) is 0 Å². The summed E-state index contributed by atoms with van der Waals surface area (Å²) in [5.41, 5.74) is 1.08. The van der Waals surface area contributed by atoms with Crippen LogP contribution >= 0.6 is 0 Å². The lowest BCUT2D eigenvalue weighted by Crippen LogP contribution is -2.23. The van der Waals surface area contributed by atoms with Crippen molar-refractivity contribution in [3.05, 3.63) is 89.4 Å². The van der Waals surface area contributed by atoms with E-state index in [1.807, 2.05) is 6.07 Å². The highest BCUT2D eigenvalue weighted by molar-refractivity contribution is 7.89. The Morgan fingerprint density at radius 2 is 1.93 bits per heavy atom. The van der Waals surface area contributed by atoms with Crippen LogP contribution in [0.3, 0.4) is 0 Å². The fourth-order valence-corrected chi connectivity index (χ4v) is 3.47. The van der Waals surface area contributed by atoms with Gasteiger partial charge in [-0.15, -0.1) is 0 Å². The Balaban J connectivity index is 1.69. The molecule has 0 spiro atoms. The number of carbonyl (C=O) groups is 1. The quantitative estimate of drug-likeness (QED) is 0.615. The molecular weight excluding hydrogens is 380 g/mol. The smallest absolute Gasteiger partial charge is 0.338 e. The number of nitrogens with zero attached hydrogens (tertiary/aromatic N) is 1. The molecule has 0 aliphatic rings. The summed E-state index contributed by atoms with van der Waals surface area (Å²) in [6, 6.07) is 17.6. The van der Waals surface area contributed by atoms with Gasteiger partial charge in [-0.05, 0) is 36.4 Å². The summed E-state index contributed by atoms with van der Waals surface area (Å²) >= 11 is 0. The van der Waals surface area contributed by atoms with Crippen LogP contribution in [-0.2, 0) is 27.9 Å². The molecule has 8 heteroatoms. The number of hydrogen-bond donors (Lipinski definition) is 1. The van der Waals surface area contributed by atoms with E-state index in [1.165, 1.54) is 30.5 Å². The third-order valence-electron chi connectivity index (χ3n) is 3.89. The number of rotatable bonds is 7. The molecule has 0 radical (unpaired) electrons. The molecule has 142 valence electrons. The van der Waals surface area contributed by atoms with Crippen molar-refractivity contribution in [2.75, 3.05) is 0 Å². The van der Waals surface area contributed by atoms with E-state index in [9.17, 15) is 13.2 Å². The zero-order valence-electron chi connectivity index (χ0n) is 14.7. The van der Waals surface area contributed by atoms with Gasteiger partial charge in [0.05, 0.1) is 34.9 Å². The van der Waals surface area contributed by atoms with E-state index in [0.29, 0.717) is 16.9 Å². The van der Waals surface area contributed by atoms with Gasteiger partial charge < -0.3 is 9.15 Å². The number of nitrogens with one attached hydrogen (secondary N) is 1. The third-order valence-corrected chi connectivity index (χ3v) is 5.29. The average Bonchev–Trinajstić information content (AvgIpc) is 3.24. The van der Waals surface area contributed by atoms with Crippen molar-refractivity contribution in [3.63, 3.8) is 0 Å². The van der Waals surface area contributed by atoms with Crippen LogP contribution in [0.2, 0.25) is 0 Å². The number of esters is 1. The molecule has 28 heavy (non-hydrogen) atoms. The Morgan fingerprint density at radius 1 is 1.11 bits per heavy atom. The van der Waals surface area contributed by atoms with Crippen LogP contribution in [0.25, 0.3) is 0 Å². The predicted octanol–water partition coefficient (Wildman–Crippen LogP) is 2.99. The maximum absolute atomic E-state index is 12.4. The second-order valence-electron chi connectivity index (χ2n) is 5.78. The third kappa shape index (κ3) is 4.65. The second kappa shape index (κ2) is 8.52. The van der Waals surface area contributed by atoms with Crippen molar-refractivity contribution < 1.29 is 22.4 Å². The molecule has 2 aromatic carbocycles. The lowest BCUT2D eigenvalue weighted by molar-refractivity contribution is 0.0472. The van der Waals surface area contributed by atoms with Gasteiger partial charge in [0.2, 0.25) is 10.0 Å². The molecule has 0 saturated heterocycles. The number of carbonyl (C=O) groups excluding carboxylic acids is 1. The van der Waals surface area contributed by atoms with Gasteiger partial charge >= 0.3 is 5.97 Å². The van der Waals surface area contributed by atoms with Crippen molar-refractivity contribution >= 4 is 16.0 Å². The monoisotopic (exact) mass is 396 g/mol. The van der Waals surface area contributed by atoms with Crippen LogP contribution in [0.5, 0.6) is 0 Å². The average molecular weight is 396 g/mol. The zero-order valence-corrected chi connectivity index (χ0v) is 15.5. The van der Waals surface area contributed by atoms with Gasteiger partial charge in [0.25, 0.3) is 0 Å². The summed E-state index contributed by atoms with van der Waals surface area (Å²) in [5.74, 6) is -0.217. The minimum absolute atomic E-state index is 0.00501. The fourth-order valence-electron chi connectivity index (χ4n) is 2.43. The van der Waals surface area contributed by atoms with Gasteiger partial charge in [0.1, 0.15) is 12.4 Å². The highest BCUT2D eigenvalue weighted by atomic mass is 32.2. The van der Waals surface area contributed by atoms with Gasteiger partial charge in [-0.3, -0.25) is 0 Å². The first-order valence-electron chi connectivity index (χ1n) is 8.27. The summed E-state index contributed by atoms with van der Waals surface area (Å²) in [6.07, 6.45) is 1.45. The lowest BCUT2D eigenvalue weighted by atomic mass is 10.1. The van der Waals surface area contributed by atoms with E-state index in [2.05, 4.69) is 4.72 Å². The lowest BCUT2D eigenvalue weighted by Gasteiger charge is -2.09. The van der Waals surface area contributed by atoms with Crippen LogP contribution < -0.4 is 4.72 Å². The molecule has 1 aromatic heterocycles. The molecule has 7 nitrogen and oxygen atoms in total. The minimum atomic E-state index is -3.83. The summed E-state index contributed by atoms with van der Waals surface area (Å²) in [7, 11) is -3.83. The SMILES string of the molecule is N#Cc1ccccc1COC(=O)c1cccc(S(=O)(=O)NCc2ccco2)c1. The molecule has 3 rings (SSSR count). The second-order valence-corrected chi connectivity index (χ2v) is 7.54. The number of benzene rings is 2. The van der Waals surface area contributed by atoms with E-state index in [-0.39, 0.29) is 23.6 Å².